The minimum Gasteiger partial charge on any atom is -0.497 e. The average Bonchev–Trinajstić information content (AvgIpc) is 2.81. The monoisotopic (exact) mass is 237 g/mol. The number of hydrogen-bond donors (Lipinski definition) is 2. The number of aromatic amines is 1. The van der Waals surface area contributed by atoms with Crippen LogP contribution in [0.3, 0.4) is 0 Å². The van der Waals surface area contributed by atoms with E-state index in [1.807, 2.05) is 18.2 Å². The van der Waals surface area contributed by atoms with Crippen LogP contribution >= 0.6 is 11.6 Å². The highest BCUT2D eigenvalue weighted by atomic mass is 35.5. The molecular formula is C11H12ClN3O. The third-order valence-corrected chi connectivity index (χ3v) is 2.53. The number of benzene rings is 1. The number of aromatic nitrogens is 2. The summed E-state index contributed by atoms with van der Waals surface area (Å²) in [5.41, 5.74) is 1.84. The van der Waals surface area contributed by atoms with Gasteiger partial charge >= 0.3 is 0 Å². The molecule has 4 nitrogen and oxygen atoms in total. The predicted molar refractivity (Wildman–Crippen MR) is 63.9 cm³/mol. The Labute approximate surface area is 98.6 Å². The quantitative estimate of drug-likeness (QED) is 0.860. The molecule has 0 spiro atoms. The Morgan fingerprint density at radius 1 is 1.44 bits per heavy atom. The molecular weight excluding hydrogens is 226 g/mol. The summed E-state index contributed by atoms with van der Waals surface area (Å²) >= 11 is 6.05. The second-order valence-electron chi connectivity index (χ2n) is 3.28. The first-order valence-electron chi connectivity index (χ1n) is 4.85. The molecule has 0 aliphatic carbocycles. The van der Waals surface area contributed by atoms with Crippen LogP contribution in [0.1, 0.15) is 5.69 Å². The van der Waals surface area contributed by atoms with Gasteiger partial charge in [-0.2, -0.15) is 5.10 Å². The van der Waals surface area contributed by atoms with Crippen molar-refractivity contribution in [3.63, 3.8) is 0 Å². The number of H-pyrrole nitrogens is 1. The summed E-state index contributed by atoms with van der Waals surface area (Å²) in [5, 5.41) is 10.6. The van der Waals surface area contributed by atoms with E-state index in [1.54, 1.807) is 19.4 Å². The van der Waals surface area contributed by atoms with Crippen molar-refractivity contribution >= 4 is 17.3 Å². The van der Waals surface area contributed by atoms with Crippen molar-refractivity contribution in [1.82, 2.24) is 10.2 Å². The SMILES string of the molecule is COc1ccc(Cl)c(NCc2ccn[nH]2)c1. The molecule has 0 atom stereocenters. The molecule has 1 aromatic carbocycles. The van der Waals surface area contributed by atoms with Crippen molar-refractivity contribution in [3.05, 3.63) is 41.2 Å². The molecule has 1 aromatic heterocycles. The maximum Gasteiger partial charge on any atom is 0.121 e. The normalized spacial score (nSPS) is 10.1. The van der Waals surface area contributed by atoms with Gasteiger partial charge in [0.05, 0.1) is 30.1 Å². The molecule has 2 N–H and O–H groups in total. The first-order chi connectivity index (χ1) is 7.79. The molecule has 0 saturated heterocycles. The first-order valence-corrected chi connectivity index (χ1v) is 5.23. The summed E-state index contributed by atoms with van der Waals surface area (Å²) in [5.74, 6) is 0.775. The fourth-order valence-electron chi connectivity index (χ4n) is 1.34. The second kappa shape index (κ2) is 4.90. The summed E-state index contributed by atoms with van der Waals surface area (Å²) in [6.45, 7) is 0.646. The number of methoxy groups -OCH3 is 1. The van der Waals surface area contributed by atoms with Crippen molar-refractivity contribution in [2.24, 2.45) is 0 Å². The maximum absolute atomic E-state index is 6.05. The molecule has 2 aromatic rings. The molecule has 0 amide bonds. The number of halogens is 1. The molecule has 0 saturated carbocycles. The Kier molecular flexibility index (Phi) is 3.31. The van der Waals surface area contributed by atoms with E-state index in [0.29, 0.717) is 11.6 Å². The molecule has 0 radical (unpaired) electrons. The number of anilines is 1. The van der Waals surface area contributed by atoms with Crippen molar-refractivity contribution in [1.29, 1.82) is 0 Å². The molecule has 2 rings (SSSR count). The minimum atomic E-state index is 0.646. The van der Waals surface area contributed by atoms with Crippen molar-refractivity contribution in [3.8, 4) is 5.75 Å². The van der Waals surface area contributed by atoms with Gasteiger partial charge in [0.15, 0.2) is 0 Å². The second-order valence-corrected chi connectivity index (χ2v) is 3.69. The van der Waals surface area contributed by atoms with Gasteiger partial charge in [0.25, 0.3) is 0 Å². The molecule has 0 bridgehead atoms. The number of ether oxygens (including phenoxy) is 1. The number of rotatable bonds is 4. The molecule has 84 valence electrons. The van der Waals surface area contributed by atoms with Crippen LogP contribution in [0.25, 0.3) is 0 Å². The van der Waals surface area contributed by atoms with Gasteiger partial charge in [-0.1, -0.05) is 11.6 Å². The Balaban J connectivity index is 2.08. The molecule has 0 fully saturated rings. The largest absolute Gasteiger partial charge is 0.497 e. The predicted octanol–water partition coefficient (Wildman–Crippen LogP) is 2.68. The number of hydrogen-bond acceptors (Lipinski definition) is 3. The van der Waals surface area contributed by atoms with Crippen LogP contribution in [0, 0.1) is 0 Å². The van der Waals surface area contributed by atoms with E-state index in [1.165, 1.54) is 0 Å². The van der Waals surface area contributed by atoms with Gasteiger partial charge in [-0.15, -0.1) is 0 Å². The zero-order valence-corrected chi connectivity index (χ0v) is 9.58. The molecule has 0 aliphatic heterocycles. The summed E-state index contributed by atoms with van der Waals surface area (Å²) in [7, 11) is 1.63. The third-order valence-electron chi connectivity index (χ3n) is 2.20. The lowest BCUT2D eigenvalue weighted by atomic mass is 10.3. The van der Waals surface area contributed by atoms with Crippen LogP contribution in [-0.2, 0) is 6.54 Å². The summed E-state index contributed by atoms with van der Waals surface area (Å²) in [4.78, 5) is 0. The van der Waals surface area contributed by atoms with Gasteiger partial charge in [-0.25, -0.2) is 0 Å². The van der Waals surface area contributed by atoms with E-state index in [0.717, 1.165) is 17.1 Å². The molecule has 0 aliphatic rings. The highest BCUT2D eigenvalue weighted by Crippen LogP contribution is 2.26. The lowest BCUT2D eigenvalue weighted by Crippen LogP contribution is -2.00. The Hall–Kier alpha value is -1.68. The Morgan fingerprint density at radius 2 is 2.31 bits per heavy atom. The highest BCUT2D eigenvalue weighted by Gasteiger charge is 2.02. The van der Waals surface area contributed by atoms with Crippen LogP contribution in [0.15, 0.2) is 30.5 Å². The topological polar surface area (TPSA) is 49.9 Å². The van der Waals surface area contributed by atoms with Crippen LogP contribution in [-0.4, -0.2) is 17.3 Å². The Bertz CT molecular complexity index is 456. The van der Waals surface area contributed by atoms with Crippen molar-refractivity contribution in [2.75, 3.05) is 12.4 Å². The number of nitrogens with one attached hydrogen (secondary N) is 2. The van der Waals surface area contributed by atoms with Crippen molar-refractivity contribution < 1.29 is 4.74 Å². The fourth-order valence-corrected chi connectivity index (χ4v) is 1.52. The van der Waals surface area contributed by atoms with E-state index in [2.05, 4.69) is 15.5 Å². The molecule has 5 heteroatoms. The summed E-state index contributed by atoms with van der Waals surface area (Å²) in [6, 6.07) is 7.39. The highest BCUT2D eigenvalue weighted by molar-refractivity contribution is 6.33. The summed E-state index contributed by atoms with van der Waals surface area (Å²) in [6.07, 6.45) is 1.71. The zero-order valence-electron chi connectivity index (χ0n) is 8.83. The van der Waals surface area contributed by atoms with Gasteiger partial charge in [-0.05, 0) is 18.2 Å². The van der Waals surface area contributed by atoms with Crippen LogP contribution in [0.5, 0.6) is 5.75 Å². The lowest BCUT2D eigenvalue weighted by Gasteiger charge is -2.08. The van der Waals surface area contributed by atoms with E-state index in [-0.39, 0.29) is 0 Å². The van der Waals surface area contributed by atoms with Gasteiger partial charge < -0.3 is 10.1 Å². The molecule has 1 heterocycles. The molecule has 0 unspecified atom stereocenters. The smallest absolute Gasteiger partial charge is 0.121 e. The summed E-state index contributed by atoms with van der Waals surface area (Å²) < 4.78 is 5.13. The van der Waals surface area contributed by atoms with Gasteiger partial charge in [0, 0.05) is 12.3 Å². The van der Waals surface area contributed by atoms with Crippen LogP contribution < -0.4 is 10.1 Å². The zero-order chi connectivity index (χ0) is 11.4. The van der Waals surface area contributed by atoms with E-state index in [9.17, 15) is 0 Å². The van der Waals surface area contributed by atoms with Gasteiger partial charge in [0.1, 0.15) is 5.75 Å². The van der Waals surface area contributed by atoms with E-state index < -0.39 is 0 Å². The first kappa shape index (κ1) is 10.8. The van der Waals surface area contributed by atoms with Crippen molar-refractivity contribution in [2.45, 2.75) is 6.54 Å². The van der Waals surface area contributed by atoms with E-state index >= 15 is 0 Å². The Morgan fingerprint density at radius 3 is 3.00 bits per heavy atom. The third kappa shape index (κ3) is 2.46. The van der Waals surface area contributed by atoms with E-state index in [4.69, 9.17) is 16.3 Å². The van der Waals surface area contributed by atoms with Crippen LogP contribution in [0.2, 0.25) is 5.02 Å². The number of nitrogens with zero attached hydrogens (tertiary/aromatic N) is 1. The average molecular weight is 238 g/mol. The fraction of sp³-hybridized carbons (Fsp3) is 0.182. The lowest BCUT2D eigenvalue weighted by molar-refractivity contribution is 0.415. The van der Waals surface area contributed by atoms with Gasteiger partial charge in [-0.3, -0.25) is 5.10 Å². The van der Waals surface area contributed by atoms with Gasteiger partial charge in [0.2, 0.25) is 0 Å². The minimum absolute atomic E-state index is 0.646. The standard InChI is InChI=1S/C11H12ClN3O/c1-16-9-2-3-10(12)11(6-9)13-7-8-4-5-14-15-8/h2-6,13H,7H2,1H3,(H,14,15). The molecule has 16 heavy (non-hydrogen) atoms. The van der Waals surface area contributed by atoms with Crippen LogP contribution in [0.4, 0.5) is 5.69 Å². The maximum atomic E-state index is 6.05.